The molecule has 0 radical (unpaired) electrons. The van der Waals surface area contributed by atoms with Gasteiger partial charge in [-0.15, -0.1) is 0 Å². The third-order valence-electron chi connectivity index (χ3n) is 2.86. The lowest BCUT2D eigenvalue weighted by atomic mass is 9.98. The Morgan fingerprint density at radius 1 is 1.00 bits per heavy atom. The van der Waals surface area contributed by atoms with E-state index in [4.69, 9.17) is 10.00 Å². The minimum absolute atomic E-state index is 0.749. The van der Waals surface area contributed by atoms with Crippen LogP contribution in [0.25, 0.3) is 0 Å². The van der Waals surface area contributed by atoms with Gasteiger partial charge in [-0.25, -0.2) is 0 Å². The Balaban J connectivity index is 3.17. The molecule has 0 atom stereocenters. The highest BCUT2D eigenvalue weighted by Crippen LogP contribution is 2.28. The van der Waals surface area contributed by atoms with Crippen molar-refractivity contribution in [3.05, 3.63) is 28.8 Å². The molecule has 0 unspecified atom stereocenters. The molecule has 0 N–H and O–H groups in total. The molecule has 1 rings (SSSR count). The molecule has 0 fully saturated rings. The summed E-state index contributed by atoms with van der Waals surface area (Å²) >= 11 is 0. The molecule has 2 nitrogen and oxygen atoms in total. The number of ether oxygens (including phenoxy) is 1. The minimum Gasteiger partial charge on any atom is -0.493 e. The third-order valence-corrected chi connectivity index (χ3v) is 2.86. The first-order valence-electron chi connectivity index (χ1n) is 6.95. The molecule has 0 bridgehead atoms. The molecule has 1 aromatic rings. The van der Waals surface area contributed by atoms with Gasteiger partial charge in [-0.3, -0.25) is 0 Å². The zero-order valence-electron chi connectivity index (χ0n) is 11.8. The molecule has 1 aromatic carbocycles. The van der Waals surface area contributed by atoms with Crippen LogP contribution in [-0.2, 0) is 12.8 Å². The number of benzene rings is 1. The highest BCUT2D eigenvalue weighted by molar-refractivity contribution is 5.48. The standard InChI is InChI=1S/C16H23NO/c1-4-7-14-10-13(12-17)11-15(8-5-2)16(14)18-9-6-3/h10-11H,4-9H2,1-3H3. The van der Waals surface area contributed by atoms with Gasteiger partial charge in [0.1, 0.15) is 5.75 Å². The van der Waals surface area contributed by atoms with Crippen LogP contribution in [0.5, 0.6) is 5.75 Å². The lowest BCUT2D eigenvalue weighted by Crippen LogP contribution is -2.04. The molecule has 98 valence electrons. The first-order chi connectivity index (χ1) is 8.76. The van der Waals surface area contributed by atoms with Crippen molar-refractivity contribution in [2.75, 3.05) is 6.61 Å². The van der Waals surface area contributed by atoms with Gasteiger partial charge in [0.25, 0.3) is 0 Å². The number of rotatable bonds is 7. The molecular weight excluding hydrogens is 222 g/mol. The summed E-state index contributed by atoms with van der Waals surface area (Å²) in [4.78, 5) is 0. The fourth-order valence-corrected chi connectivity index (χ4v) is 2.12. The van der Waals surface area contributed by atoms with E-state index in [1.54, 1.807) is 0 Å². The molecule has 18 heavy (non-hydrogen) atoms. The van der Waals surface area contributed by atoms with Crippen molar-refractivity contribution in [3.63, 3.8) is 0 Å². The zero-order chi connectivity index (χ0) is 13.4. The average molecular weight is 245 g/mol. The Hall–Kier alpha value is -1.49. The van der Waals surface area contributed by atoms with Crippen LogP contribution < -0.4 is 4.74 Å². The monoisotopic (exact) mass is 245 g/mol. The topological polar surface area (TPSA) is 33.0 Å². The molecule has 0 heterocycles. The maximum absolute atomic E-state index is 9.10. The summed E-state index contributed by atoms with van der Waals surface area (Å²) < 4.78 is 5.91. The average Bonchev–Trinajstić information content (AvgIpc) is 2.38. The summed E-state index contributed by atoms with van der Waals surface area (Å²) in [6, 6.07) is 6.21. The van der Waals surface area contributed by atoms with Crippen LogP contribution in [0.1, 0.15) is 56.7 Å². The molecule has 0 saturated carbocycles. The van der Waals surface area contributed by atoms with Crippen LogP contribution in [0.4, 0.5) is 0 Å². The smallest absolute Gasteiger partial charge is 0.125 e. The predicted octanol–water partition coefficient (Wildman–Crippen LogP) is 4.25. The van der Waals surface area contributed by atoms with Crippen LogP contribution in [0.3, 0.4) is 0 Å². The first kappa shape index (κ1) is 14.6. The number of hydrogen-bond donors (Lipinski definition) is 0. The van der Waals surface area contributed by atoms with Crippen molar-refractivity contribution < 1.29 is 4.74 Å². The molecule has 0 spiro atoms. The highest BCUT2D eigenvalue weighted by atomic mass is 16.5. The van der Waals surface area contributed by atoms with Crippen molar-refractivity contribution in [1.29, 1.82) is 5.26 Å². The summed E-state index contributed by atoms with van der Waals surface area (Å²) in [7, 11) is 0. The van der Waals surface area contributed by atoms with Crippen molar-refractivity contribution in [1.82, 2.24) is 0 Å². The van der Waals surface area contributed by atoms with Gasteiger partial charge in [0.2, 0.25) is 0 Å². The van der Waals surface area contributed by atoms with Gasteiger partial charge in [0.15, 0.2) is 0 Å². The molecule has 0 aromatic heterocycles. The van der Waals surface area contributed by atoms with E-state index < -0.39 is 0 Å². The number of aryl methyl sites for hydroxylation is 2. The highest BCUT2D eigenvalue weighted by Gasteiger charge is 2.11. The van der Waals surface area contributed by atoms with E-state index >= 15 is 0 Å². The molecule has 0 aliphatic rings. The van der Waals surface area contributed by atoms with E-state index in [9.17, 15) is 0 Å². The second kappa shape index (κ2) is 7.76. The quantitative estimate of drug-likeness (QED) is 0.719. The fraction of sp³-hybridized carbons (Fsp3) is 0.562. The van der Waals surface area contributed by atoms with Crippen LogP contribution in [0.2, 0.25) is 0 Å². The van der Waals surface area contributed by atoms with E-state index in [-0.39, 0.29) is 0 Å². The third kappa shape index (κ3) is 3.77. The SMILES string of the molecule is CCCOc1c(CCC)cc(C#N)cc1CCC. The fourth-order valence-electron chi connectivity index (χ4n) is 2.12. The van der Waals surface area contributed by atoms with Crippen LogP contribution >= 0.6 is 0 Å². The Bertz CT molecular complexity index is 391. The summed E-state index contributed by atoms with van der Waals surface area (Å²) in [6.45, 7) is 7.17. The van der Waals surface area contributed by atoms with Crippen LogP contribution in [0, 0.1) is 11.3 Å². The molecule has 0 amide bonds. The minimum atomic E-state index is 0.749. The van der Waals surface area contributed by atoms with E-state index in [1.807, 2.05) is 12.1 Å². The predicted molar refractivity (Wildman–Crippen MR) is 74.9 cm³/mol. The molecule has 0 aliphatic heterocycles. The first-order valence-corrected chi connectivity index (χ1v) is 6.95. The van der Waals surface area contributed by atoms with Crippen molar-refractivity contribution in [3.8, 4) is 11.8 Å². The summed E-state index contributed by atoms with van der Waals surface area (Å²) in [6.07, 6.45) is 5.11. The van der Waals surface area contributed by atoms with E-state index in [2.05, 4.69) is 26.8 Å². The molecule has 2 heteroatoms. The maximum atomic E-state index is 9.10. The van der Waals surface area contributed by atoms with E-state index in [0.29, 0.717) is 0 Å². The van der Waals surface area contributed by atoms with Gasteiger partial charge in [-0.2, -0.15) is 5.26 Å². The van der Waals surface area contributed by atoms with E-state index in [1.165, 1.54) is 11.1 Å². The lowest BCUT2D eigenvalue weighted by Gasteiger charge is -2.16. The number of nitrogens with zero attached hydrogens (tertiary/aromatic N) is 1. The van der Waals surface area contributed by atoms with Crippen molar-refractivity contribution in [2.24, 2.45) is 0 Å². The molecular formula is C16H23NO. The van der Waals surface area contributed by atoms with Crippen molar-refractivity contribution in [2.45, 2.75) is 52.9 Å². The van der Waals surface area contributed by atoms with E-state index in [0.717, 1.165) is 50.0 Å². The van der Waals surface area contributed by atoms with Crippen LogP contribution in [0.15, 0.2) is 12.1 Å². The second-order valence-corrected chi connectivity index (χ2v) is 4.58. The zero-order valence-corrected chi connectivity index (χ0v) is 11.8. The van der Waals surface area contributed by atoms with Crippen LogP contribution in [-0.4, -0.2) is 6.61 Å². The summed E-state index contributed by atoms with van der Waals surface area (Å²) in [5, 5.41) is 9.10. The van der Waals surface area contributed by atoms with Gasteiger partial charge in [0, 0.05) is 0 Å². The Morgan fingerprint density at radius 2 is 1.56 bits per heavy atom. The van der Waals surface area contributed by atoms with Gasteiger partial charge in [-0.05, 0) is 42.5 Å². The second-order valence-electron chi connectivity index (χ2n) is 4.58. The molecule has 0 saturated heterocycles. The van der Waals surface area contributed by atoms with Gasteiger partial charge in [0.05, 0.1) is 18.2 Å². The summed E-state index contributed by atoms with van der Waals surface area (Å²) in [5.74, 6) is 1.03. The van der Waals surface area contributed by atoms with Gasteiger partial charge >= 0.3 is 0 Å². The van der Waals surface area contributed by atoms with Crippen molar-refractivity contribution >= 4 is 0 Å². The Morgan fingerprint density at radius 3 is 1.94 bits per heavy atom. The Kier molecular flexibility index (Phi) is 6.28. The maximum Gasteiger partial charge on any atom is 0.125 e. The Labute approximate surface area is 111 Å². The lowest BCUT2D eigenvalue weighted by molar-refractivity contribution is 0.310. The number of hydrogen-bond acceptors (Lipinski definition) is 2. The largest absolute Gasteiger partial charge is 0.493 e. The summed E-state index contributed by atoms with van der Waals surface area (Å²) in [5.41, 5.74) is 3.13. The van der Waals surface area contributed by atoms with Gasteiger partial charge in [-0.1, -0.05) is 33.6 Å². The molecule has 0 aliphatic carbocycles. The normalized spacial score (nSPS) is 10.1. The van der Waals surface area contributed by atoms with Gasteiger partial charge < -0.3 is 4.74 Å². The number of nitriles is 1.